The SMILES string of the molecule is NNC(Cc1cc(Br)cs1)c1cc(Br)ccc1I. The standard InChI is InChI=1S/C12H11Br2IN2S/c13-7-1-2-11(15)10(4-7)12(17-16)5-9-3-8(14)6-18-9/h1-4,6,12,17H,5,16H2. The van der Waals surface area contributed by atoms with Gasteiger partial charge in [-0.25, -0.2) is 0 Å². The van der Waals surface area contributed by atoms with Crippen LogP contribution >= 0.6 is 65.8 Å². The van der Waals surface area contributed by atoms with Crippen molar-refractivity contribution in [3.8, 4) is 0 Å². The Bertz CT molecular complexity index is 545. The van der Waals surface area contributed by atoms with Crippen molar-refractivity contribution >= 4 is 65.8 Å². The molecule has 96 valence electrons. The average molecular weight is 502 g/mol. The molecule has 1 unspecified atom stereocenters. The number of halogens is 3. The Kier molecular flexibility index (Phi) is 5.64. The molecule has 2 nitrogen and oxygen atoms in total. The minimum absolute atomic E-state index is 0.125. The summed E-state index contributed by atoms with van der Waals surface area (Å²) >= 11 is 11.1. The van der Waals surface area contributed by atoms with Crippen molar-refractivity contribution < 1.29 is 0 Å². The number of hydrogen-bond donors (Lipinski definition) is 2. The smallest absolute Gasteiger partial charge is 0.0519 e. The monoisotopic (exact) mass is 500 g/mol. The van der Waals surface area contributed by atoms with E-state index in [1.807, 2.05) is 6.07 Å². The minimum atomic E-state index is 0.125. The minimum Gasteiger partial charge on any atom is -0.271 e. The van der Waals surface area contributed by atoms with Gasteiger partial charge in [-0.1, -0.05) is 15.9 Å². The zero-order valence-electron chi connectivity index (χ0n) is 9.29. The van der Waals surface area contributed by atoms with Crippen molar-refractivity contribution in [1.29, 1.82) is 0 Å². The molecule has 3 N–H and O–H groups in total. The fraction of sp³-hybridized carbons (Fsp3) is 0.167. The van der Waals surface area contributed by atoms with E-state index in [1.54, 1.807) is 11.3 Å². The molecule has 0 aliphatic heterocycles. The zero-order valence-corrected chi connectivity index (χ0v) is 15.4. The van der Waals surface area contributed by atoms with Gasteiger partial charge in [0.2, 0.25) is 0 Å². The molecule has 1 aromatic heterocycles. The molecule has 0 fully saturated rings. The van der Waals surface area contributed by atoms with E-state index in [2.05, 4.69) is 83.5 Å². The zero-order chi connectivity index (χ0) is 13.1. The lowest BCUT2D eigenvalue weighted by Crippen LogP contribution is -2.30. The Morgan fingerprint density at radius 1 is 1.28 bits per heavy atom. The van der Waals surface area contributed by atoms with E-state index < -0.39 is 0 Å². The maximum atomic E-state index is 5.70. The first kappa shape index (κ1) is 14.9. The lowest BCUT2D eigenvalue weighted by atomic mass is 10.0. The average Bonchev–Trinajstić information content (AvgIpc) is 2.75. The Labute approximate surface area is 141 Å². The number of rotatable bonds is 4. The Hall–Kier alpha value is 0.530. The molecule has 0 saturated heterocycles. The van der Waals surface area contributed by atoms with E-state index >= 15 is 0 Å². The molecular weight excluding hydrogens is 491 g/mol. The maximum absolute atomic E-state index is 5.70. The number of benzene rings is 1. The second-order valence-electron chi connectivity index (χ2n) is 3.82. The van der Waals surface area contributed by atoms with Gasteiger partial charge in [-0.2, -0.15) is 0 Å². The van der Waals surface area contributed by atoms with E-state index in [0.717, 1.165) is 15.4 Å². The molecule has 0 radical (unpaired) electrons. The highest BCUT2D eigenvalue weighted by Gasteiger charge is 2.15. The molecule has 0 amide bonds. The van der Waals surface area contributed by atoms with Crippen LogP contribution in [0.2, 0.25) is 0 Å². The van der Waals surface area contributed by atoms with Gasteiger partial charge in [-0.3, -0.25) is 11.3 Å². The predicted octanol–water partition coefficient (Wildman–Crippen LogP) is 4.62. The lowest BCUT2D eigenvalue weighted by molar-refractivity contribution is 0.553. The van der Waals surface area contributed by atoms with Crippen molar-refractivity contribution in [3.05, 3.63) is 52.6 Å². The summed E-state index contributed by atoms with van der Waals surface area (Å²) in [6.07, 6.45) is 0.888. The van der Waals surface area contributed by atoms with Crippen LogP contribution in [0.15, 0.2) is 38.6 Å². The van der Waals surface area contributed by atoms with Crippen molar-refractivity contribution in [2.45, 2.75) is 12.5 Å². The fourth-order valence-corrected chi connectivity index (χ4v) is 4.29. The van der Waals surface area contributed by atoms with E-state index in [0.29, 0.717) is 0 Å². The Morgan fingerprint density at radius 3 is 2.67 bits per heavy atom. The van der Waals surface area contributed by atoms with Gasteiger partial charge in [0.15, 0.2) is 0 Å². The number of hydrazine groups is 1. The van der Waals surface area contributed by atoms with Crippen LogP contribution in [0.5, 0.6) is 0 Å². The Morgan fingerprint density at radius 2 is 2.06 bits per heavy atom. The summed E-state index contributed by atoms with van der Waals surface area (Å²) in [6.45, 7) is 0. The topological polar surface area (TPSA) is 38.0 Å². The van der Waals surface area contributed by atoms with Crippen LogP contribution in [-0.2, 0) is 6.42 Å². The van der Waals surface area contributed by atoms with Gasteiger partial charge < -0.3 is 0 Å². The van der Waals surface area contributed by atoms with E-state index in [-0.39, 0.29) is 6.04 Å². The molecule has 2 rings (SSSR count). The number of nitrogens with two attached hydrogens (primary N) is 1. The van der Waals surface area contributed by atoms with Gasteiger partial charge >= 0.3 is 0 Å². The van der Waals surface area contributed by atoms with Gasteiger partial charge in [-0.05, 0) is 68.3 Å². The molecule has 2 aromatic rings. The van der Waals surface area contributed by atoms with Gasteiger partial charge in [0.05, 0.1) is 6.04 Å². The van der Waals surface area contributed by atoms with Gasteiger partial charge in [0, 0.05) is 29.2 Å². The van der Waals surface area contributed by atoms with Crippen molar-refractivity contribution in [2.75, 3.05) is 0 Å². The van der Waals surface area contributed by atoms with E-state index in [9.17, 15) is 0 Å². The first-order valence-corrected chi connectivity index (χ1v) is 8.78. The highest BCUT2D eigenvalue weighted by Crippen LogP contribution is 2.29. The molecule has 0 saturated carbocycles. The summed E-state index contributed by atoms with van der Waals surface area (Å²) in [5.74, 6) is 5.70. The van der Waals surface area contributed by atoms with Gasteiger partial charge in [0.1, 0.15) is 0 Å². The lowest BCUT2D eigenvalue weighted by Gasteiger charge is -2.17. The molecule has 0 bridgehead atoms. The quantitative estimate of drug-likeness (QED) is 0.364. The summed E-state index contributed by atoms with van der Waals surface area (Å²) in [6, 6.07) is 8.52. The van der Waals surface area contributed by atoms with Gasteiger partial charge in [-0.15, -0.1) is 11.3 Å². The van der Waals surface area contributed by atoms with Crippen LogP contribution in [0.4, 0.5) is 0 Å². The molecular formula is C12H11Br2IN2S. The van der Waals surface area contributed by atoms with E-state index in [1.165, 1.54) is 14.0 Å². The first-order valence-electron chi connectivity index (χ1n) is 5.24. The highest BCUT2D eigenvalue weighted by molar-refractivity contribution is 14.1. The third-order valence-corrected chi connectivity index (χ3v) is 5.76. The van der Waals surface area contributed by atoms with Crippen molar-refractivity contribution in [2.24, 2.45) is 5.84 Å². The van der Waals surface area contributed by atoms with Crippen LogP contribution in [0.25, 0.3) is 0 Å². The Balaban J connectivity index is 2.25. The summed E-state index contributed by atoms with van der Waals surface area (Å²) in [5.41, 5.74) is 4.13. The second kappa shape index (κ2) is 6.81. The van der Waals surface area contributed by atoms with Crippen LogP contribution in [-0.4, -0.2) is 0 Å². The normalized spacial score (nSPS) is 12.7. The fourth-order valence-electron chi connectivity index (χ4n) is 1.70. The molecule has 1 aromatic carbocycles. The molecule has 0 aliphatic carbocycles. The third-order valence-electron chi connectivity index (χ3n) is 2.56. The number of thiophene rings is 1. The largest absolute Gasteiger partial charge is 0.271 e. The molecule has 1 heterocycles. The number of hydrogen-bond acceptors (Lipinski definition) is 3. The molecule has 18 heavy (non-hydrogen) atoms. The van der Waals surface area contributed by atoms with Crippen molar-refractivity contribution in [3.63, 3.8) is 0 Å². The molecule has 1 atom stereocenters. The van der Waals surface area contributed by atoms with Crippen LogP contribution in [0.3, 0.4) is 0 Å². The molecule has 6 heteroatoms. The van der Waals surface area contributed by atoms with Crippen LogP contribution in [0, 0.1) is 3.57 Å². The maximum Gasteiger partial charge on any atom is 0.0519 e. The summed E-state index contributed by atoms with van der Waals surface area (Å²) < 4.78 is 3.42. The third kappa shape index (κ3) is 3.77. The summed E-state index contributed by atoms with van der Waals surface area (Å²) in [5, 5.41) is 2.09. The van der Waals surface area contributed by atoms with Gasteiger partial charge in [0.25, 0.3) is 0 Å². The molecule has 0 spiro atoms. The second-order valence-corrected chi connectivity index (χ2v) is 7.81. The van der Waals surface area contributed by atoms with E-state index in [4.69, 9.17) is 5.84 Å². The number of nitrogens with one attached hydrogen (secondary N) is 1. The summed E-state index contributed by atoms with van der Waals surface area (Å²) in [4.78, 5) is 1.31. The van der Waals surface area contributed by atoms with Crippen LogP contribution < -0.4 is 11.3 Å². The highest BCUT2D eigenvalue weighted by atomic mass is 127. The first-order chi connectivity index (χ1) is 8.60. The van der Waals surface area contributed by atoms with Crippen LogP contribution in [0.1, 0.15) is 16.5 Å². The van der Waals surface area contributed by atoms with Crippen molar-refractivity contribution in [1.82, 2.24) is 5.43 Å². The summed E-state index contributed by atoms with van der Waals surface area (Å²) in [7, 11) is 0. The predicted molar refractivity (Wildman–Crippen MR) is 92.6 cm³/mol. The molecule has 0 aliphatic rings.